The van der Waals surface area contributed by atoms with E-state index in [1.807, 2.05) is 0 Å². The second kappa shape index (κ2) is 3.02. The van der Waals surface area contributed by atoms with Crippen molar-refractivity contribution in [2.24, 2.45) is 0 Å². The van der Waals surface area contributed by atoms with Gasteiger partial charge in [0.05, 0.1) is 5.56 Å². The summed E-state index contributed by atoms with van der Waals surface area (Å²) < 4.78 is 18.0. The quantitative estimate of drug-likeness (QED) is 0.725. The van der Waals surface area contributed by atoms with Gasteiger partial charge in [-0.25, -0.2) is 4.39 Å². The Hall–Kier alpha value is -2.04. The summed E-state index contributed by atoms with van der Waals surface area (Å²) in [5.41, 5.74) is 5.53. The van der Waals surface area contributed by atoms with Crippen LogP contribution in [0.4, 0.5) is 10.2 Å². The summed E-state index contributed by atoms with van der Waals surface area (Å²) in [5.74, 6) is -0.299. The molecule has 0 atom stereocenters. The third-order valence-corrected chi connectivity index (χ3v) is 1.75. The standard InChI is InChI=1S/C9H7FN2O2/c10-7-3-5(13)1-2-6(7)8-4-9(11)12-14-8/h1-4,13H,(H2,11,12). The second-order valence-corrected chi connectivity index (χ2v) is 2.78. The van der Waals surface area contributed by atoms with E-state index in [4.69, 9.17) is 15.4 Å². The summed E-state index contributed by atoms with van der Waals surface area (Å²) in [6.07, 6.45) is 0. The second-order valence-electron chi connectivity index (χ2n) is 2.78. The summed E-state index contributed by atoms with van der Waals surface area (Å²) in [4.78, 5) is 0. The number of phenols is 1. The number of anilines is 1. The lowest BCUT2D eigenvalue weighted by Crippen LogP contribution is -1.82. The first-order chi connectivity index (χ1) is 6.66. The Morgan fingerprint density at radius 3 is 2.71 bits per heavy atom. The summed E-state index contributed by atoms with van der Waals surface area (Å²) in [5, 5.41) is 12.4. The van der Waals surface area contributed by atoms with Crippen molar-refractivity contribution in [2.75, 3.05) is 5.73 Å². The van der Waals surface area contributed by atoms with Gasteiger partial charge in [-0.3, -0.25) is 0 Å². The number of rotatable bonds is 1. The van der Waals surface area contributed by atoms with Crippen molar-refractivity contribution in [1.29, 1.82) is 0 Å². The van der Waals surface area contributed by atoms with E-state index in [0.717, 1.165) is 6.07 Å². The van der Waals surface area contributed by atoms with E-state index in [-0.39, 0.29) is 22.9 Å². The highest BCUT2D eigenvalue weighted by molar-refractivity contribution is 5.61. The molecule has 0 aliphatic carbocycles. The molecule has 0 spiro atoms. The molecule has 2 rings (SSSR count). The van der Waals surface area contributed by atoms with Crippen molar-refractivity contribution in [3.8, 4) is 17.1 Å². The van der Waals surface area contributed by atoms with Gasteiger partial charge in [-0.15, -0.1) is 0 Å². The van der Waals surface area contributed by atoms with Gasteiger partial charge in [-0.2, -0.15) is 0 Å². The predicted molar refractivity (Wildman–Crippen MR) is 48.0 cm³/mol. The van der Waals surface area contributed by atoms with Gasteiger partial charge in [-0.05, 0) is 12.1 Å². The van der Waals surface area contributed by atoms with Gasteiger partial charge in [0.2, 0.25) is 0 Å². The normalized spacial score (nSPS) is 10.4. The Kier molecular flexibility index (Phi) is 1.85. The zero-order valence-electron chi connectivity index (χ0n) is 7.07. The number of phenolic OH excluding ortho intramolecular Hbond substituents is 1. The van der Waals surface area contributed by atoms with Crippen molar-refractivity contribution in [2.45, 2.75) is 0 Å². The predicted octanol–water partition coefficient (Wildman–Crippen LogP) is 1.77. The van der Waals surface area contributed by atoms with Crippen molar-refractivity contribution >= 4 is 5.82 Å². The zero-order chi connectivity index (χ0) is 10.1. The molecule has 0 aliphatic rings. The number of aromatic nitrogens is 1. The molecule has 1 heterocycles. The zero-order valence-corrected chi connectivity index (χ0v) is 7.07. The van der Waals surface area contributed by atoms with E-state index >= 15 is 0 Å². The minimum absolute atomic E-state index is 0.140. The highest BCUT2D eigenvalue weighted by Gasteiger charge is 2.10. The lowest BCUT2D eigenvalue weighted by molar-refractivity contribution is 0.432. The van der Waals surface area contributed by atoms with Crippen LogP contribution in [0.15, 0.2) is 28.8 Å². The Morgan fingerprint density at radius 1 is 1.36 bits per heavy atom. The van der Waals surface area contributed by atoms with Crippen LogP contribution in [-0.4, -0.2) is 10.3 Å². The number of nitrogen functional groups attached to an aromatic ring is 1. The van der Waals surface area contributed by atoms with E-state index in [1.54, 1.807) is 0 Å². The Bertz CT molecular complexity index is 468. The SMILES string of the molecule is Nc1cc(-c2ccc(O)cc2F)on1. The lowest BCUT2D eigenvalue weighted by atomic mass is 10.1. The van der Waals surface area contributed by atoms with Crippen LogP contribution in [0.2, 0.25) is 0 Å². The fraction of sp³-hybridized carbons (Fsp3) is 0. The number of nitrogens with zero attached hydrogens (tertiary/aromatic N) is 1. The van der Waals surface area contributed by atoms with Gasteiger partial charge in [0, 0.05) is 12.1 Å². The van der Waals surface area contributed by atoms with E-state index in [0.29, 0.717) is 0 Å². The lowest BCUT2D eigenvalue weighted by Gasteiger charge is -1.97. The third-order valence-electron chi connectivity index (χ3n) is 1.75. The number of hydrogen-bond acceptors (Lipinski definition) is 4. The first kappa shape index (κ1) is 8.55. The fourth-order valence-corrected chi connectivity index (χ4v) is 1.12. The van der Waals surface area contributed by atoms with Gasteiger partial charge in [0.25, 0.3) is 0 Å². The average molecular weight is 194 g/mol. The molecule has 0 fully saturated rings. The van der Waals surface area contributed by atoms with E-state index < -0.39 is 5.82 Å². The monoisotopic (exact) mass is 194 g/mol. The molecule has 0 amide bonds. The summed E-state index contributed by atoms with van der Waals surface area (Å²) >= 11 is 0. The highest BCUT2D eigenvalue weighted by atomic mass is 19.1. The van der Waals surface area contributed by atoms with E-state index in [9.17, 15) is 4.39 Å². The van der Waals surface area contributed by atoms with Crippen LogP contribution >= 0.6 is 0 Å². The third kappa shape index (κ3) is 1.39. The first-order valence-corrected chi connectivity index (χ1v) is 3.88. The molecular weight excluding hydrogens is 187 g/mol. The molecule has 5 heteroatoms. The van der Waals surface area contributed by atoms with E-state index in [2.05, 4.69) is 5.16 Å². The molecular formula is C9H7FN2O2. The van der Waals surface area contributed by atoms with Crippen molar-refractivity contribution in [3.05, 3.63) is 30.1 Å². The molecule has 0 saturated carbocycles. The molecule has 0 radical (unpaired) electrons. The highest BCUT2D eigenvalue weighted by Crippen LogP contribution is 2.26. The van der Waals surface area contributed by atoms with Crippen LogP contribution in [0.3, 0.4) is 0 Å². The molecule has 72 valence electrons. The number of halogens is 1. The van der Waals surface area contributed by atoms with Crippen LogP contribution in [0.5, 0.6) is 5.75 Å². The molecule has 0 saturated heterocycles. The van der Waals surface area contributed by atoms with Gasteiger partial charge < -0.3 is 15.4 Å². The number of aromatic hydroxyl groups is 1. The van der Waals surface area contributed by atoms with Gasteiger partial charge in [-0.1, -0.05) is 5.16 Å². The largest absolute Gasteiger partial charge is 0.508 e. The molecule has 0 aliphatic heterocycles. The maximum atomic E-state index is 13.3. The smallest absolute Gasteiger partial charge is 0.172 e. The molecule has 4 nitrogen and oxygen atoms in total. The van der Waals surface area contributed by atoms with E-state index in [1.165, 1.54) is 18.2 Å². The molecule has 14 heavy (non-hydrogen) atoms. The van der Waals surface area contributed by atoms with Gasteiger partial charge in [0.1, 0.15) is 11.6 Å². The molecule has 2 aromatic rings. The van der Waals surface area contributed by atoms with Gasteiger partial charge in [0.15, 0.2) is 11.6 Å². The number of nitrogens with two attached hydrogens (primary N) is 1. The van der Waals surface area contributed by atoms with Crippen LogP contribution in [0, 0.1) is 5.82 Å². The minimum Gasteiger partial charge on any atom is -0.508 e. The topological polar surface area (TPSA) is 72.3 Å². The average Bonchev–Trinajstić information content (AvgIpc) is 2.51. The molecule has 1 aromatic heterocycles. The van der Waals surface area contributed by atoms with Crippen molar-refractivity contribution in [3.63, 3.8) is 0 Å². The number of benzene rings is 1. The van der Waals surface area contributed by atoms with Crippen LogP contribution in [0.1, 0.15) is 0 Å². The van der Waals surface area contributed by atoms with Crippen LogP contribution < -0.4 is 5.73 Å². The molecule has 3 N–H and O–H groups in total. The maximum absolute atomic E-state index is 13.3. The summed E-state index contributed by atoms with van der Waals surface area (Å²) in [6.45, 7) is 0. The Balaban J connectivity index is 2.52. The summed E-state index contributed by atoms with van der Waals surface area (Å²) in [6, 6.07) is 5.16. The van der Waals surface area contributed by atoms with Gasteiger partial charge >= 0.3 is 0 Å². The summed E-state index contributed by atoms with van der Waals surface area (Å²) in [7, 11) is 0. The van der Waals surface area contributed by atoms with Crippen LogP contribution in [0.25, 0.3) is 11.3 Å². The fourth-order valence-electron chi connectivity index (χ4n) is 1.12. The molecule has 0 bridgehead atoms. The van der Waals surface area contributed by atoms with Crippen LogP contribution in [-0.2, 0) is 0 Å². The molecule has 1 aromatic carbocycles. The van der Waals surface area contributed by atoms with Crippen molar-refractivity contribution in [1.82, 2.24) is 5.16 Å². The molecule has 0 unspecified atom stereocenters. The first-order valence-electron chi connectivity index (χ1n) is 3.88. The van der Waals surface area contributed by atoms with Crippen molar-refractivity contribution < 1.29 is 14.0 Å². The Labute approximate surface area is 78.8 Å². The maximum Gasteiger partial charge on any atom is 0.172 e. The number of hydrogen-bond donors (Lipinski definition) is 2. The Morgan fingerprint density at radius 2 is 2.14 bits per heavy atom. The minimum atomic E-state index is -0.582.